The molecule has 0 aliphatic rings. The lowest BCUT2D eigenvalue weighted by atomic mass is 10.1. The van der Waals surface area contributed by atoms with E-state index in [1.165, 1.54) is 70.6 Å². The van der Waals surface area contributed by atoms with Crippen LogP contribution in [0.2, 0.25) is 0 Å². The number of unbranched alkanes of at least 4 members (excludes halogenated alkanes) is 11. The van der Waals surface area contributed by atoms with Gasteiger partial charge in [0, 0.05) is 6.42 Å². The summed E-state index contributed by atoms with van der Waals surface area (Å²) in [5, 5.41) is 8.51. The third-order valence-corrected chi connectivity index (χ3v) is 3.65. The van der Waals surface area contributed by atoms with Gasteiger partial charge in [0.2, 0.25) is 0 Å². The molecule has 0 bridgehead atoms. The van der Waals surface area contributed by atoms with E-state index in [2.05, 4.69) is 19.1 Å². The Morgan fingerprint density at radius 1 is 0.727 bits per heavy atom. The predicted octanol–water partition coefficient (Wildman–Crippen LogP) is 4.46. The monoisotopic (exact) mass is 318 g/mol. The van der Waals surface area contributed by atoms with E-state index in [0.29, 0.717) is 6.42 Å². The van der Waals surface area contributed by atoms with Crippen LogP contribution in [-0.2, 0) is 4.79 Å². The van der Waals surface area contributed by atoms with Crippen molar-refractivity contribution in [2.24, 2.45) is 0 Å². The largest absolute Gasteiger partial charge is 0.481 e. The van der Waals surface area contributed by atoms with Gasteiger partial charge in [-0.3, -0.25) is 4.79 Å². The highest BCUT2D eigenvalue weighted by Crippen LogP contribution is 2.09. The van der Waals surface area contributed by atoms with E-state index in [0.717, 1.165) is 12.8 Å². The summed E-state index contributed by atoms with van der Waals surface area (Å²) in [4.78, 5) is 10.3. The van der Waals surface area contributed by atoms with Crippen molar-refractivity contribution in [3.05, 3.63) is 12.2 Å². The number of carboxylic acid groups (broad SMARTS) is 1. The fourth-order valence-corrected chi connectivity index (χ4v) is 2.35. The van der Waals surface area contributed by atoms with Crippen LogP contribution in [0.15, 0.2) is 12.2 Å². The summed E-state index contributed by atoms with van der Waals surface area (Å²) in [6.45, 7) is 2.26. The van der Waals surface area contributed by atoms with E-state index < -0.39 is 5.97 Å². The highest BCUT2D eigenvalue weighted by molar-refractivity contribution is 5.66. The molecule has 0 radical (unpaired) electrons. The number of rotatable bonds is 15. The van der Waals surface area contributed by atoms with Crippen LogP contribution in [0.5, 0.6) is 0 Å². The first-order valence-corrected chi connectivity index (χ1v) is 8.64. The van der Waals surface area contributed by atoms with Crippen LogP contribution in [0, 0.1) is 0 Å². The quantitative estimate of drug-likeness (QED) is 0.356. The molecule has 134 valence electrons. The van der Waals surface area contributed by atoms with E-state index in [1.807, 2.05) is 0 Å². The average molecular weight is 318 g/mol. The standard InChI is InChI=1S/C18H34O2.2H2O/c1-2-3-4-5-6-7-8-9-10-11-12-13-14-15-16-17-18(19)20;;/h9-10H,2-8,11-17H2,1H3,(H,19,20);2*1H2. The average Bonchev–Trinajstić information content (AvgIpc) is 2.43. The molecule has 0 saturated carbocycles. The lowest BCUT2D eigenvalue weighted by molar-refractivity contribution is -0.137. The minimum absolute atomic E-state index is 0. The van der Waals surface area contributed by atoms with Crippen LogP contribution < -0.4 is 0 Å². The minimum Gasteiger partial charge on any atom is -0.481 e. The van der Waals surface area contributed by atoms with E-state index in [-0.39, 0.29) is 11.0 Å². The molecule has 0 heterocycles. The lowest BCUT2D eigenvalue weighted by Gasteiger charge is -1.99. The Labute approximate surface area is 136 Å². The number of allylic oxidation sites excluding steroid dienone is 2. The second-order valence-corrected chi connectivity index (χ2v) is 5.73. The fraction of sp³-hybridized carbons (Fsp3) is 0.833. The van der Waals surface area contributed by atoms with Crippen LogP contribution in [0.25, 0.3) is 0 Å². The SMILES string of the molecule is CCCCCCCCC=CCCCCCCCC(=O)O.O.O. The van der Waals surface area contributed by atoms with E-state index in [4.69, 9.17) is 5.11 Å². The Bertz CT molecular complexity index is 239. The Kier molecular flexibility index (Phi) is 26.5. The molecule has 0 rings (SSSR count). The molecule has 0 amide bonds. The number of carbonyl (C=O) groups is 1. The zero-order chi connectivity index (χ0) is 14.9. The Balaban J connectivity index is -0.00000180. The Morgan fingerprint density at radius 3 is 1.59 bits per heavy atom. The molecule has 0 aromatic carbocycles. The maximum Gasteiger partial charge on any atom is 0.303 e. The Hall–Kier alpha value is -0.870. The maximum absolute atomic E-state index is 10.3. The zero-order valence-electron chi connectivity index (χ0n) is 14.4. The van der Waals surface area contributed by atoms with Crippen molar-refractivity contribution >= 4 is 5.97 Å². The molecule has 0 saturated heterocycles. The Morgan fingerprint density at radius 2 is 1.14 bits per heavy atom. The molecule has 5 N–H and O–H groups in total. The van der Waals surface area contributed by atoms with Gasteiger partial charge in [-0.25, -0.2) is 0 Å². The minimum atomic E-state index is -0.664. The molecule has 4 heteroatoms. The van der Waals surface area contributed by atoms with Crippen molar-refractivity contribution in [2.75, 3.05) is 0 Å². The van der Waals surface area contributed by atoms with Gasteiger partial charge in [-0.15, -0.1) is 0 Å². The van der Waals surface area contributed by atoms with Gasteiger partial charge in [-0.2, -0.15) is 0 Å². The molecule has 0 aromatic heterocycles. The highest BCUT2D eigenvalue weighted by atomic mass is 16.4. The number of hydrogen-bond acceptors (Lipinski definition) is 1. The second kappa shape index (κ2) is 22.4. The summed E-state index contributed by atoms with van der Waals surface area (Å²) >= 11 is 0. The van der Waals surface area contributed by atoms with Crippen LogP contribution in [0.4, 0.5) is 0 Å². The summed E-state index contributed by atoms with van der Waals surface area (Å²) in [6.07, 6.45) is 21.2. The van der Waals surface area contributed by atoms with Crippen molar-refractivity contribution in [2.45, 2.75) is 96.8 Å². The molecule has 0 aliphatic carbocycles. The van der Waals surface area contributed by atoms with Gasteiger partial charge in [0.05, 0.1) is 0 Å². The van der Waals surface area contributed by atoms with Crippen molar-refractivity contribution in [3.8, 4) is 0 Å². The van der Waals surface area contributed by atoms with Crippen molar-refractivity contribution in [1.29, 1.82) is 0 Å². The van der Waals surface area contributed by atoms with Crippen molar-refractivity contribution in [1.82, 2.24) is 0 Å². The van der Waals surface area contributed by atoms with Crippen LogP contribution >= 0.6 is 0 Å². The van der Waals surface area contributed by atoms with Gasteiger partial charge >= 0.3 is 5.97 Å². The molecule has 0 aromatic rings. The number of carboxylic acids is 1. The normalized spacial score (nSPS) is 10.2. The van der Waals surface area contributed by atoms with Crippen molar-refractivity contribution in [3.63, 3.8) is 0 Å². The lowest BCUT2D eigenvalue weighted by Crippen LogP contribution is -1.93. The van der Waals surface area contributed by atoms with Gasteiger partial charge in [-0.1, -0.05) is 70.4 Å². The van der Waals surface area contributed by atoms with Gasteiger partial charge in [0.1, 0.15) is 0 Å². The topological polar surface area (TPSA) is 100 Å². The molecular formula is C18H38O4. The maximum atomic E-state index is 10.3. The number of hydrogen-bond donors (Lipinski definition) is 1. The second-order valence-electron chi connectivity index (χ2n) is 5.73. The zero-order valence-corrected chi connectivity index (χ0v) is 14.4. The molecule has 4 nitrogen and oxygen atoms in total. The molecular weight excluding hydrogens is 280 g/mol. The van der Waals surface area contributed by atoms with E-state index in [9.17, 15) is 4.79 Å². The van der Waals surface area contributed by atoms with Gasteiger partial charge in [0.25, 0.3) is 0 Å². The van der Waals surface area contributed by atoms with Crippen LogP contribution in [0.1, 0.15) is 96.8 Å². The van der Waals surface area contributed by atoms with Crippen LogP contribution in [-0.4, -0.2) is 22.0 Å². The summed E-state index contributed by atoms with van der Waals surface area (Å²) < 4.78 is 0. The van der Waals surface area contributed by atoms with E-state index >= 15 is 0 Å². The molecule has 22 heavy (non-hydrogen) atoms. The van der Waals surface area contributed by atoms with Gasteiger partial charge < -0.3 is 16.1 Å². The molecule has 0 unspecified atom stereocenters. The van der Waals surface area contributed by atoms with Crippen LogP contribution in [0.3, 0.4) is 0 Å². The number of aliphatic carboxylic acids is 1. The summed E-state index contributed by atoms with van der Waals surface area (Å²) in [5.74, 6) is -0.664. The third-order valence-electron chi connectivity index (χ3n) is 3.65. The molecule has 0 atom stereocenters. The summed E-state index contributed by atoms with van der Waals surface area (Å²) in [7, 11) is 0. The summed E-state index contributed by atoms with van der Waals surface area (Å²) in [6, 6.07) is 0. The predicted molar refractivity (Wildman–Crippen MR) is 94.3 cm³/mol. The van der Waals surface area contributed by atoms with Gasteiger partial charge in [0.15, 0.2) is 0 Å². The smallest absolute Gasteiger partial charge is 0.303 e. The first-order chi connectivity index (χ1) is 9.77. The van der Waals surface area contributed by atoms with Crippen molar-refractivity contribution < 1.29 is 20.9 Å². The third kappa shape index (κ3) is 24.2. The van der Waals surface area contributed by atoms with Gasteiger partial charge in [-0.05, 0) is 32.1 Å². The fourth-order valence-electron chi connectivity index (χ4n) is 2.35. The molecule has 0 aliphatic heterocycles. The highest BCUT2D eigenvalue weighted by Gasteiger charge is 1.95. The summed E-state index contributed by atoms with van der Waals surface area (Å²) in [5.41, 5.74) is 0. The molecule has 0 fully saturated rings. The first-order valence-electron chi connectivity index (χ1n) is 8.64. The van der Waals surface area contributed by atoms with E-state index in [1.54, 1.807) is 0 Å². The molecule has 0 spiro atoms. The first kappa shape index (κ1) is 26.0.